The number of pyridine rings is 1. The average Bonchev–Trinajstić information content (AvgIpc) is 2.78. The molecule has 2 rings (SSSR count). The molecular formula is C10H10ClN5O2. The van der Waals surface area contributed by atoms with E-state index in [1.807, 2.05) is 0 Å². The van der Waals surface area contributed by atoms with Crippen LogP contribution in [0.3, 0.4) is 0 Å². The summed E-state index contributed by atoms with van der Waals surface area (Å²) in [5.41, 5.74) is -0.739. The van der Waals surface area contributed by atoms with E-state index in [0.29, 0.717) is 10.6 Å². The number of aromatic nitrogens is 5. The Labute approximate surface area is 107 Å². The quantitative estimate of drug-likeness (QED) is 0.898. The van der Waals surface area contributed by atoms with E-state index in [9.17, 15) is 9.90 Å². The van der Waals surface area contributed by atoms with Crippen molar-refractivity contribution in [1.29, 1.82) is 0 Å². The maximum Gasteiger partial charge on any atom is 0.331 e. The molecule has 0 saturated carbocycles. The Morgan fingerprint density at radius 2 is 2.22 bits per heavy atom. The van der Waals surface area contributed by atoms with Crippen molar-refractivity contribution in [2.75, 3.05) is 0 Å². The van der Waals surface area contributed by atoms with Crippen LogP contribution in [0.2, 0.25) is 5.02 Å². The highest BCUT2D eigenvalue weighted by Gasteiger charge is 2.34. The van der Waals surface area contributed by atoms with Gasteiger partial charge in [-0.15, -0.1) is 5.10 Å². The monoisotopic (exact) mass is 267 g/mol. The Morgan fingerprint density at radius 1 is 1.50 bits per heavy atom. The van der Waals surface area contributed by atoms with E-state index in [1.54, 1.807) is 6.07 Å². The average molecular weight is 268 g/mol. The highest BCUT2D eigenvalue weighted by Crippen LogP contribution is 2.27. The van der Waals surface area contributed by atoms with Gasteiger partial charge in [0.15, 0.2) is 11.4 Å². The first kappa shape index (κ1) is 12.4. The topological polar surface area (TPSA) is 93.8 Å². The van der Waals surface area contributed by atoms with Crippen molar-refractivity contribution >= 4 is 17.6 Å². The highest BCUT2D eigenvalue weighted by atomic mass is 35.5. The molecule has 0 spiro atoms. The lowest BCUT2D eigenvalue weighted by Crippen LogP contribution is -2.37. The van der Waals surface area contributed by atoms with Gasteiger partial charge in [0.2, 0.25) is 0 Å². The van der Waals surface area contributed by atoms with Crippen LogP contribution in [0, 0.1) is 0 Å². The molecule has 18 heavy (non-hydrogen) atoms. The number of hydrogen-bond acceptors (Lipinski definition) is 5. The largest absolute Gasteiger partial charge is 0.479 e. The fraction of sp³-hybridized carbons (Fsp3) is 0.300. The van der Waals surface area contributed by atoms with Crippen molar-refractivity contribution in [3.63, 3.8) is 0 Å². The van der Waals surface area contributed by atoms with Crippen LogP contribution in [-0.2, 0) is 10.3 Å². The summed E-state index contributed by atoms with van der Waals surface area (Å²) in [7, 11) is 0. The van der Waals surface area contributed by atoms with Gasteiger partial charge in [0.05, 0.1) is 5.02 Å². The van der Waals surface area contributed by atoms with Crippen LogP contribution in [0.25, 0.3) is 11.4 Å². The summed E-state index contributed by atoms with van der Waals surface area (Å²) in [4.78, 5) is 15.1. The van der Waals surface area contributed by atoms with Gasteiger partial charge in [-0.05, 0) is 30.3 Å². The molecule has 1 N–H and O–H groups in total. The van der Waals surface area contributed by atoms with E-state index in [0.717, 1.165) is 0 Å². The van der Waals surface area contributed by atoms with E-state index in [4.69, 9.17) is 11.6 Å². The lowest BCUT2D eigenvalue weighted by Gasteiger charge is -2.20. The molecule has 0 aromatic carbocycles. The summed E-state index contributed by atoms with van der Waals surface area (Å²) in [6.07, 6.45) is 2.98. The molecule has 0 bridgehead atoms. The number of nitrogens with zero attached hydrogens (tertiary/aromatic N) is 5. The third-order valence-corrected chi connectivity index (χ3v) is 2.84. The van der Waals surface area contributed by atoms with E-state index in [-0.39, 0.29) is 5.82 Å². The maximum absolute atomic E-state index is 11.2. The van der Waals surface area contributed by atoms with Crippen LogP contribution in [0.1, 0.15) is 13.8 Å². The summed E-state index contributed by atoms with van der Waals surface area (Å²) in [6.45, 7) is 3.01. The number of carboxylic acid groups (broad SMARTS) is 1. The van der Waals surface area contributed by atoms with E-state index >= 15 is 0 Å². The second kappa shape index (κ2) is 4.34. The van der Waals surface area contributed by atoms with Gasteiger partial charge in [-0.25, -0.2) is 9.48 Å². The summed E-state index contributed by atoms with van der Waals surface area (Å²) in [6, 6.07) is 1.63. The molecule has 0 atom stereocenters. The van der Waals surface area contributed by atoms with Gasteiger partial charge in [0.25, 0.3) is 0 Å². The van der Waals surface area contributed by atoms with Crippen LogP contribution < -0.4 is 0 Å². The Kier molecular flexibility index (Phi) is 3.00. The molecule has 7 nitrogen and oxygen atoms in total. The van der Waals surface area contributed by atoms with Gasteiger partial charge < -0.3 is 5.11 Å². The van der Waals surface area contributed by atoms with Crippen molar-refractivity contribution in [3.8, 4) is 11.4 Å². The lowest BCUT2D eigenvalue weighted by molar-refractivity contribution is -0.146. The molecule has 0 unspecified atom stereocenters. The Bertz CT molecular complexity index is 595. The summed E-state index contributed by atoms with van der Waals surface area (Å²) < 4.78 is 1.22. The fourth-order valence-corrected chi connectivity index (χ4v) is 1.58. The first-order valence-corrected chi connectivity index (χ1v) is 5.44. The number of aliphatic carboxylic acids is 1. The molecule has 0 aliphatic heterocycles. The first-order chi connectivity index (χ1) is 8.44. The second-order valence-electron chi connectivity index (χ2n) is 4.13. The summed E-state index contributed by atoms with van der Waals surface area (Å²) in [5.74, 6) is -0.754. The minimum Gasteiger partial charge on any atom is -0.479 e. The number of carboxylic acids is 1. The standard InChI is InChI=1S/C10H10ClN5O2/c1-10(2,9(17)18)16-8(13-14-15-16)6-3-4-12-5-7(6)11/h3-5H,1-2H3,(H,17,18). The molecule has 0 aliphatic rings. The van der Waals surface area contributed by atoms with Crippen molar-refractivity contribution in [3.05, 3.63) is 23.5 Å². The molecule has 0 aliphatic carbocycles. The molecule has 0 saturated heterocycles. The van der Waals surface area contributed by atoms with Crippen LogP contribution in [-0.4, -0.2) is 36.3 Å². The molecule has 94 valence electrons. The lowest BCUT2D eigenvalue weighted by atomic mass is 10.1. The number of tetrazole rings is 1. The predicted molar refractivity (Wildman–Crippen MR) is 63.0 cm³/mol. The van der Waals surface area contributed by atoms with E-state index in [2.05, 4.69) is 20.5 Å². The zero-order valence-corrected chi connectivity index (χ0v) is 10.5. The number of carbonyl (C=O) groups is 1. The van der Waals surface area contributed by atoms with Crippen LogP contribution in [0.5, 0.6) is 0 Å². The van der Waals surface area contributed by atoms with Gasteiger partial charge in [-0.1, -0.05) is 11.6 Å². The molecule has 2 aromatic heterocycles. The van der Waals surface area contributed by atoms with Gasteiger partial charge in [0, 0.05) is 18.0 Å². The summed E-state index contributed by atoms with van der Waals surface area (Å²) in [5, 5.41) is 20.6. The minimum absolute atomic E-state index is 0.287. The fourth-order valence-electron chi connectivity index (χ4n) is 1.38. The first-order valence-electron chi connectivity index (χ1n) is 5.06. The molecule has 0 radical (unpaired) electrons. The van der Waals surface area contributed by atoms with Crippen LogP contribution in [0.4, 0.5) is 0 Å². The molecule has 2 aromatic rings. The van der Waals surface area contributed by atoms with Crippen molar-refractivity contribution < 1.29 is 9.90 Å². The number of halogens is 1. The SMILES string of the molecule is CC(C)(C(=O)O)n1nnnc1-c1ccncc1Cl. The third-order valence-electron chi connectivity index (χ3n) is 2.54. The predicted octanol–water partition coefficient (Wildman–Crippen LogP) is 1.21. The zero-order valence-electron chi connectivity index (χ0n) is 9.70. The minimum atomic E-state index is -1.27. The van der Waals surface area contributed by atoms with Gasteiger partial charge in [-0.3, -0.25) is 4.98 Å². The normalized spacial score (nSPS) is 11.5. The Hall–Kier alpha value is -2.02. The molecule has 8 heteroatoms. The van der Waals surface area contributed by atoms with Gasteiger partial charge >= 0.3 is 5.97 Å². The van der Waals surface area contributed by atoms with E-state index < -0.39 is 11.5 Å². The Balaban J connectivity index is 2.60. The molecule has 0 fully saturated rings. The van der Waals surface area contributed by atoms with Crippen LogP contribution >= 0.6 is 11.6 Å². The van der Waals surface area contributed by atoms with Crippen molar-refractivity contribution in [2.45, 2.75) is 19.4 Å². The Morgan fingerprint density at radius 3 is 2.83 bits per heavy atom. The molecule has 0 amide bonds. The summed E-state index contributed by atoms with van der Waals surface area (Å²) >= 11 is 6.00. The van der Waals surface area contributed by atoms with Crippen molar-refractivity contribution in [2.24, 2.45) is 0 Å². The van der Waals surface area contributed by atoms with Gasteiger partial charge in [0.1, 0.15) is 0 Å². The molecule has 2 heterocycles. The van der Waals surface area contributed by atoms with E-state index in [1.165, 1.54) is 30.9 Å². The second-order valence-corrected chi connectivity index (χ2v) is 4.54. The van der Waals surface area contributed by atoms with Crippen LogP contribution in [0.15, 0.2) is 18.5 Å². The maximum atomic E-state index is 11.2. The smallest absolute Gasteiger partial charge is 0.331 e. The number of rotatable bonds is 3. The van der Waals surface area contributed by atoms with Gasteiger partial charge in [-0.2, -0.15) is 0 Å². The number of hydrogen-bond donors (Lipinski definition) is 1. The van der Waals surface area contributed by atoms with Crippen molar-refractivity contribution in [1.82, 2.24) is 25.2 Å². The third kappa shape index (κ3) is 1.92. The molecular weight excluding hydrogens is 258 g/mol. The zero-order chi connectivity index (χ0) is 13.3. The highest BCUT2D eigenvalue weighted by molar-refractivity contribution is 6.33.